The van der Waals surface area contributed by atoms with Crippen LogP contribution in [-0.4, -0.2) is 10.2 Å². The maximum Gasteiger partial charge on any atom is 0.123 e. The Labute approximate surface area is 194 Å². The van der Waals surface area contributed by atoms with E-state index in [0.29, 0.717) is 23.3 Å². The van der Waals surface area contributed by atoms with Crippen LogP contribution in [0, 0.1) is 6.42 Å². The van der Waals surface area contributed by atoms with E-state index in [4.69, 9.17) is 0 Å². The zero-order valence-electron chi connectivity index (χ0n) is 19.4. The second-order valence-corrected chi connectivity index (χ2v) is 10.4. The number of para-hydroxylation sites is 2. The molecule has 0 heterocycles. The summed E-state index contributed by atoms with van der Waals surface area (Å²) in [5.41, 5.74) is 3.60. The molecule has 0 spiro atoms. The minimum Gasteiger partial charge on any atom is -0.507 e. The maximum atomic E-state index is 11.6. The summed E-state index contributed by atoms with van der Waals surface area (Å²) in [6.07, 6.45) is 20.1. The van der Waals surface area contributed by atoms with E-state index in [1.807, 2.05) is 0 Å². The van der Waals surface area contributed by atoms with E-state index in [1.54, 1.807) is 0 Å². The Morgan fingerprint density at radius 3 is 1.56 bits per heavy atom. The third-order valence-electron chi connectivity index (χ3n) is 8.55. The number of aromatic hydroxyl groups is 2. The van der Waals surface area contributed by atoms with Crippen molar-refractivity contribution in [2.24, 2.45) is 0 Å². The van der Waals surface area contributed by atoms with Crippen molar-refractivity contribution in [1.82, 2.24) is 0 Å². The van der Waals surface area contributed by atoms with E-state index >= 15 is 0 Å². The molecule has 0 saturated heterocycles. The van der Waals surface area contributed by atoms with Crippen LogP contribution in [0.5, 0.6) is 11.5 Å². The molecule has 0 atom stereocenters. The molecule has 0 bridgehead atoms. The molecule has 0 unspecified atom stereocenters. The summed E-state index contributed by atoms with van der Waals surface area (Å²) in [5.74, 6) is 1.81. The van der Waals surface area contributed by atoms with Gasteiger partial charge in [0.25, 0.3) is 0 Å². The number of hydrogen-bond donors (Lipinski definition) is 2. The average molecular weight is 431 g/mol. The highest BCUT2D eigenvalue weighted by Crippen LogP contribution is 2.53. The van der Waals surface area contributed by atoms with Crippen molar-refractivity contribution in [2.45, 2.75) is 107 Å². The average Bonchev–Trinajstić information content (AvgIpc) is 2.86. The first kappa shape index (κ1) is 21.9. The highest BCUT2D eigenvalue weighted by Gasteiger charge is 2.41. The highest BCUT2D eigenvalue weighted by atomic mass is 16.3. The molecule has 0 aliphatic heterocycles. The normalized spacial score (nSPS) is 22.6. The van der Waals surface area contributed by atoms with Crippen LogP contribution in [0.4, 0.5) is 0 Å². The van der Waals surface area contributed by atoms with Crippen molar-refractivity contribution in [3.05, 3.63) is 65.1 Å². The Kier molecular flexibility index (Phi) is 6.49. The molecule has 2 nitrogen and oxygen atoms in total. The van der Waals surface area contributed by atoms with E-state index < -0.39 is 5.41 Å². The van der Waals surface area contributed by atoms with Crippen molar-refractivity contribution in [2.75, 3.05) is 0 Å². The standard InChI is InChI=1S/C30H38O2/c31-28-24(22-12-4-1-5-13-22)16-10-18-26(28)30(20-8-3-9-21-30)27-19-11-17-25(29(27)32)23-14-6-2-7-15-23/h10-11,16-19,22-23,31-32H,1-9,12-15,20H2. The van der Waals surface area contributed by atoms with E-state index in [0.717, 1.165) is 47.9 Å². The van der Waals surface area contributed by atoms with Gasteiger partial charge in [-0.2, -0.15) is 0 Å². The van der Waals surface area contributed by atoms with Crippen molar-refractivity contribution in [3.63, 3.8) is 0 Å². The second-order valence-electron chi connectivity index (χ2n) is 10.4. The van der Waals surface area contributed by atoms with Crippen LogP contribution in [-0.2, 0) is 5.41 Å². The van der Waals surface area contributed by atoms with Gasteiger partial charge in [-0.1, -0.05) is 87.8 Å². The Hall–Kier alpha value is -1.96. The molecule has 0 aromatic heterocycles. The smallest absolute Gasteiger partial charge is 0.123 e. The van der Waals surface area contributed by atoms with E-state index in [-0.39, 0.29) is 0 Å². The summed E-state index contributed by atoms with van der Waals surface area (Å²) in [4.78, 5) is 0. The van der Waals surface area contributed by atoms with Gasteiger partial charge in [-0.05, 0) is 67.9 Å². The lowest BCUT2D eigenvalue weighted by Crippen LogP contribution is -2.32. The fraction of sp³-hybridized carbons (Fsp3) is 0.567. The third-order valence-corrected chi connectivity index (χ3v) is 8.55. The van der Waals surface area contributed by atoms with Gasteiger partial charge >= 0.3 is 0 Å². The van der Waals surface area contributed by atoms with Crippen molar-refractivity contribution < 1.29 is 10.2 Å². The lowest BCUT2D eigenvalue weighted by Gasteiger charge is -2.40. The quantitative estimate of drug-likeness (QED) is 0.514. The molecule has 170 valence electrons. The first-order valence-electron chi connectivity index (χ1n) is 13.1. The Bertz CT molecular complexity index is 843. The van der Waals surface area contributed by atoms with Gasteiger partial charge in [-0.15, -0.1) is 0 Å². The predicted octanol–water partition coefficient (Wildman–Crippen LogP) is 8.13. The van der Waals surface area contributed by atoms with Crippen molar-refractivity contribution >= 4 is 0 Å². The number of rotatable bonds is 4. The fourth-order valence-corrected chi connectivity index (χ4v) is 6.81. The summed E-state index contributed by atoms with van der Waals surface area (Å²) in [6.45, 7) is 0. The van der Waals surface area contributed by atoms with Crippen molar-refractivity contribution in [3.8, 4) is 11.5 Å². The molecule has 2 N–H and O–H groups in total. The maximum absolute atomic E-state index is 11.6. The largest absolute Gasteiger partial charge is 0.507 e. The topological polar surface area (TPSA) is 40.5 Å². The SMILES string of the molecule is Oc1c(C2CCCCC2)cccc1C1(c2cccc(C3CCCCC3)c2O)[C]CCCC1. The molecular weight excluding hydrogens is 392 g/mol. The number of phenolic OH excluding ortho intramolecular Hbond substituents is 2. The lowest BCUT2D eigenvalue weighted by atomic mass is 9.63. The number of hydrogen-bond acceptors (Lipinski definition) is 2. The zero-order chi connectivity index (χ0) is 22.0. The minimum absolute atomic E-state index is 0.450. The van der Waals surface area contributed by atoms with Gasteiger partial charge in [-0.25, -0.2) is 0 Å². The first-order valence-corrected chi connectivity index (χ1v) is 13.1. The lowest BCUT2D eigenvalue weighted by molar-refractivity contribution is 0.368. The van der Waals surface area contributed by atoms with Gasteiger partial charge in [0.05, 0.1) is 0 Å². The molecule has 2 aromatic carbocycles. The molecule has 2 aromatic rings. The van der Waals surface area contributed by atoms with Crippen LogP contribution < -0.4 is 0 Å². The van der Waals surface area contributed by atoms with Gasteiger partial charge in [0, 0.05) is 16.5 Å². The van der Waals surface area contributed by atoms with Crippen LogP contribution in [0.3, 0.4) is 0 Å². The molecule has 2 radical (unpaired) electrons. The molecule has 5 rings (SSSR count). The van der Waals surface area contributed by atoms with Gasteiger partial charge in [-0.3, -0.25) is 0 Å². The summed E-state index contributed by atoms with van der Waals surface area (Å²) in [5, 5.41) is 23.2. The van der Waals surface area contributed by atoms with E-state index in [2.05, 4.69) is 42.8 Å². The highest BCUT2D eigenvalue weighted by molar-refractivity contribution is 5.58. The third kappa shape index (κ3) is 3.95. The number of phenols is 2. The monoisotopic (exact) mass is 430 g/mol. The van der Waals surface area contributed by atoms with Crippen LogP contribution in [0.15, 0.2) is 36.4 Å². The molecule has 3 fully saturated rings. The Morgan fingerprint density at radius 1 is 0.625 bits per heavy atom. The molecule has 2 heteroatoms. The number of benzene rings is 2. The van der Waals surface area contributed by atoms with Gasteiger partial charge < -0.3 is 10.2 Å². The van der Waals surface area contributed by atoms with Crippen molar-refractivity contribution in [1.29, 1.82) is 0 Å². The molecule has 3 aliphatic carbocycles. The summed E-state index contributed by atoms with van der Waals surface area (Å²) < 4.78 is 0. The van der Waals surface area contributed by atoms with Gasteiger partial charge in [0.15, 0.2) is 0 Å². The van der Waals surface area contributed by atoms with Crippen LogP contribution in [0.2, 0.25) is 0 Å². The summed E-state index contributed by atoms with van der Waals surface area (Å²) in [7, 11) is 0. The molecule has 0 amide bonds. The molecular formula is C30H38O2. The summed E-state index contributed by atoms with van der Waals surface area (Å²) in [6, 6.07) is 12.7. The summed E-state index contributed by atoms with van der Waals surface area (Å²) >= 11 is 0. The second kappa shape index (κ2) is 9.49. The molecule has 3 saturated carbocycles. The predicted molar refractivity (Wildman–Crippen MR) is 130 cm³/mol. The zero-order valence-corrected chi connectivity index (χ0v) is 19.4. The van der Waals surface area contributed by atoms with Gasteiger partial charge in [0.2, 0.25) is 0 Å². The van der Waals surface area contributed by atoms with Crippen LogP contribution in [0.1, 0.15) is 124 Å². The Balaban J connectivity index is 1.60. The van der Waals surface area contributed by atoms with Crippen LogP contribution in [0.25, 0.3) is 0 Å². The first-order chi connectivity index (χ1) is 15.7. The molecule has 32 heavy (non-hydrogen) atoms. The fourth-order valence-electron chi connectivity index (χ4n) is 6.81. The van der Waals surface area contributed by atoms with E-state index in [1.165, 1.54) is 64.2 Å². The Morgan fingerprint density at radius 2 is 1.12 bits per heavy atom. The minimum atomic E-state index is -0.526. The van der Waals surface area contributed by atoms with Gasteiger partial charge in [0.1, 0.15) is 11.5 Å². The molecule has 3 aliphatic rings. The van der Waals surface area contributed by atoms with E-state index in [9.17, 15) is 10.2 Å². The van der Waals surface area contributed by atoms with Crippen LogP contribution >= 0.6 is 0 Å².